The Balaban J connectivity index is 1.75. The zero-order chi connectivity index (χ0) is 21.9. The molecule has 0 fully saturated rings. The van der Waals surface area contributed by atoms with Crippen LogP contribution in [-0.4, -0.2) is 42.8 Å². The average molecular weight is 428 g/mol. The monoisotopic (exact) mass is 427 g/mol. The van der Waals surface area contributed by atoms with E-state index in [1.54, 1.807) is 6.20 Å². The Kier molecular flexibility index (Phi) is 6.75. The van der Waals surface area contributed by atoms with Crippen LogP contribution in [0.15, 0.2) is 29.7 Å². The summed E-state index contributed by atoms with van der Waals surface area (Å²) in [5.41, 5.74) is 3.23. The van der Waals surface area contributed by atoms with Crippen LogP contribution in [0.2, 0.25) is 0 Å². The van der Waals surface area contributed by atoms with Gasteiger partial charge in [-0.3, -0.25) is 9.78 Å². The maximum absolute atomic E-state index is 12.1. The number of fused-ring (bicyclic) bond motifs is 1. The van der Waals surface area contributed by atoms with Crippen LogP contribution in [0.5, 0.6) is 0 Å². The average Bonchev–Trinajstić information content (AvgIpc) is 3.02. The Bertz CT molecular complexity index is 1050. The molecule has 8 heteroatoms. The van der Waals surface area contributed by atoms with Crippen LogP contribution in [-0.2, 0) is 16.0 Å². The molecule has 0 aromatic carbocycles. The van der Waals surface area contributed by atoms with Crippen molar-refractivity contribution in [1.82, 2.24) is 24.5 Å². The summed E-state index contributed by atoms with van der Waals surface area (Å²) in [5, 5.41) is 0.647. The van der Waals surface area contributed by atoms with Gasteiger partial charge in [-0.15, -0.1) is 0 Å². The van der Waals surface area contributed by atoms with E-state index in [2.05, 4.69) is 44.4 Å². The molecule has 160 valence electrons. The first-order valence-corrected chi connectivity index (χ1v) is 11.1. The number of ether oxygens (including phenoxy) is 1. The number of esters is 1. The third kappa shape index (κ3) is 4.98. The Morgan fingerprint density at radius 3 is 2.70 bits per heavy atom. The van der Waals surface area contributed by atoms with Gasteiger partial charge in [-0.2, -0.15) is 0 Å². The lowest BCUT2D eigenvalue weighted by Crippen LogP contribution is -2.29. The first-order chi connectivity index (χ1) is 14.2. The van der Waals surface area contributed by atoms with Crippen LogP contribution in [0.4, 0.5) is 0 Å². The van der Waals surface area contributed by atoms with E-state index in [1.165, 1.54) is 11.8 Å². The normalized spacial score (nSPS) is 12.0. The highest BCUT2D eigenvalue weighted by atomic mass is 32.2. The van der Waals surface area contributed by atoms with E-state index in [0.29, 0.717) is 30.0 Å². The van der Waals surface area contributed by atoms with Gasteiger partial charge in [0.25, 0.3) is 0 Å². The molecule has 0 radical (unpaired) electrons. The molecule has 0 N–H and O–H groups in total. The van der Waals surface area contributed by atoms with Gasteiger partial charge < -0.3 is 9.30 Å². The van der Waals surface area contributed by atoms with Crippen LogP contribution in [0.3, 0.4) is 0 Å². The molecule has 0 aliphatic carbocycles. The maximum atomic E-state index is 12.1. The molecule has 7 nitrogen and oxygen atoms in total. The number of aromatic nitrogens is 5. The number of imidazole rings is 1. The number of carbonyl (C=O) groups excluding carboxylic acids is 1. The molecule has 0 bridgehead atoms. The van der Waals surface area contributed by atoms with Crippen LogP contribution >= 0.6 is 11.8 Å². The van der Waals surface area contributed by atoms with Crippen LogP contribution in [0.25, 0.3) is 11.0 Å². The first-order valence-electron chi connectivity index (χ1n) is 10.2. The van der Waals surface area contributed by atoms with Crippen LogP contribution < -0.4 is 0 Å². The third-order valence-electron chi connectivity index (χ3n) is 4.77. The molecule has 3 aromatic heterocycles. The van der Waals surface area contributed by atoms with Gasteiger partial charge in [-0.25, -0.2) is 15.0 Å². The van der Waals surface area contributed by atoms with E-state index in [0.717, 1.165) is 28.2 Å². The molecule has 3 rings (SSSR count). The van der Waals surface area contributed by atoms with Gasteiger partial charge in [0.2, 0.25) is 0 Å². The molecular weight excluding hydrogens is 398 g/mol. The molecule has 0 aliphatic heterocycles. The van der Waals surface area contributed by atoms with Crippen molar-refractivity contribution in [2.24, 2.45) is 5.41 Å². The predicted octanol–water partition coefficient (Wildman–Crippen LogP) is 4.38. The Labute approximate surface area is 181 Å². The smallest absolute Gasteiger partial charge is 0.312 e. The number of hydrogen-bond acceptors (Lipinski definition) is 7. The highest BCUT2D eigenvalue weighted by Gasteiger charge is 2.29. The fraction of sp³-hybridized carbons (Fsp3) is 0.500. The standard InChI is InChI=1S/C22H29N5O2S/c1-7-29-20(28)22(5,6)13-30-21-23-9-8-16(26-21)10-17-11-19-18(12-24-17)25-15(4)27(19)14(2)3/h8-9,11-12,14H,7,10,13H2,1-6H3. The summed E-state index contributed by atoms with van der Waals surface area (Å²) in [6, 6.07) is 4.32. The highest BCUT2D eigenvalue weighted by molar-refractivity contribution is 7.99. The van der Waals surface area contributed by atoms with Crippen LogP contribution in [0, 0.1) is 12.3 Å². The molecular formula is C22H29N5O2S. The van der Waals surface area contributed by atoms with Crippen molar-refractivity contribution in [2.45, 2.75) is 59.2 Å². The van der Waals surface area contributed by atoms with Crippen molar-refractivity contribution >= 4 is 28.8 Å². The summed E-state index contributed by atoms with van der Waals surface area (Å²) in [7, 11) is 0. The number of nitrogens with zero attached hydrogens (tertiary/aromatic N) is 5. The number of pyridine rings is 1. The second kappa shape index (κ2) is 9.12. The van der Waals surface area contributed by atoms with E-state index in [4.69, 9.17) is 4.74 Å². The van der Waals surface area contributed by atoms with Crippen molar-refractivity contribution in [2.75, 3.05) is 12.4 Å². The SMILES string of the molecule is CCOC(=O)C(C)(C)CSc1nccc(Cc2cc3c(cn2)nc(C)n3C(C)C)n1. The second-order valence-corrected chi connectivity index (χ2v) is 9.13. The fourth-order valence-electron chi connectivity index (χ4n) is 3.27. The Hall–Kier alpha value is -2.48. The molecule has 3 aromatic rings. The van der Waals surface area contributed by atoms with Crippen molar-refractivity contribution in [3.05, 3.63) is 41.7 Å². The van der Waals surface area contributed by atoms with E-state index >= 15 is 0 Å². The zero-order valence-electron chi connectivity index (χ0n) is 18.5. The summed E-state index contributed by atoms with van der Waals surface area (Å²) in [5.74, 6) is 1.33. The summed E-state index contributed by atoms with van der Waals surface area (Å²) in [4.78, 5) is 30.3. The number of rotatable bonds is 8. The molecule has 0 amide bonds. The molecule has 0 atom stereocenters. The lowest BCUT2D eigenvalue weighted by atomic mass is 9.97. The van der Waals surface area contributed by atoms with Crippen molar-refractivity contribution in [3.63, 3.8) is 0 Å². The summed E-state index contributed by atoms with van der Waals surface area (Å²) >= 11 is 1.46. The number of carbonyl (C=O) groups is 1. The lowest BCUT2D eigenvalue weighted by molar-refractivity contribution is -0.152. The van der Waals surface area contributed by atoms with Gasteiger partial charge in [-0.1, -0.05) is 11.8 Å². The van der Waals surface area contributed by atoms with E-state index in [1.807, 2.05) is 40.0 Å². The third-order valence-corrected chi connectivity index (χ3v) is 6.09. The predicted molar refractivity (Wildman–Crippen MR) is 119 cm³/mol. The minimum Gasteiger partial charge on any atom is -0.466 e. The van der Waals surface area contributed by atoms with Gasteiger partial charge in [0.05, 0.1) is 29.4 Å². The van der Waals surface area contributed by atoms with E-state index in [9.17, 15) is 4.79 Å². The first kappa shape index (κ1) is 22.2. The molecule has 0 aliphatic rings. The summed E-state index contributed by atoms with van der Waals surface area (Å²) < 4.78 is 7.37. The van der Waals surface area contributed by atoms with E-state index < -0.39 is 5.41 Å². The van der Waals surface area contributed by atoms with Gasteiger partial charge in [0.15, 0.2) is 5.16 Å². The molecule has 30 heavy (non-hydrogen) atoms. The van der Waals surface area contributed by atoms with E-state index in [-0.39, 0.29) is 5.97 Å². The van der Waals surface area contributed by atoms with Crippen LogP contribution in [0.1, 0.15) is 57.9 Å². The molecule has 0 saturated heterocycles. The number of hydrogen-bond donors (Lipinski definition) is 0. The van der Waals surface area contributed by atoms with Crippen molar-refractivity contribution in [1.29, 1.82) is 0 Å². The van der Waals surface area contributed by atoms with Gasteiger partial charge in [0, 0.05) is 30.1 Å². The quantitative estimate of drug-likeness (QED) is 0.300. The molecule has 0 unspecified atom stereocenters. The maximum Gasteiger partial charge on any atom is 0.312 e. The highest BCUT2D eigenvalue weighted by Crippen LogP contribution is 2.27. The molecule has 3 heterocycles. The summed E-state index contributed by atoms with van der Waals surface area (Å²) in [6.07, 6.45) is 4.19. The van der Waals surface area contributed by atoms with Crippen molar-refractivity contribution < 1.29 is 9.53 Å². The van der Waals surface area contributed by atoms with Gasteiger partial charge in [0.1, 0.15) is 11.3 Å². The minimum absolute atomic E-state index is 0.205. The summed E-state index contributed by atoms with van der Waals surface area (Å²) in [6.45, 7) is 12.3. The molecule has 0 saturated carbocycles. The Morgan fingerprint density at radius 2 is 2.00 bits per heavy atom. The minimum atomic E-state index is -0.597. The second-order valence-electron chi connectivity index (χ2n) is 8.19. The van der Waals surface area contributed by atoms with Gasteiger partial charge >= 0.3 is 5.97 Å². The largest absolute Gasteiger partial charge is 0.466 e. The lowest BCUT2D eigenvalue weighted by Gasteiger charge is -2.21. The topological polar surface area (TPSA) is 82.8 Å². The fourth-order valence-corrected chi connectivity index (χ4v) is 4.19. The number of thioether (sulfide) groups is 1. The van der Waals surface area contributed by atoms with Crippen molar-refractivity contribution in [3.8, 4) is 0 Å². The van der Waals surface area contributed by atoms with Gasteiger partial charge in [-0.05, 0) is 53.7 Å². The zero-order valence-corrected chi connectivity index (χ0v) is 19.3. The number of aryl methyl sites for hydroxylation is 1. The molecule has 0 spiro atoms. The Morgan fingerprint density at radius 1 is 1.23 bits per heavy atom.